The average Bonchev–Trinajstić information content (AvgIpc) is 2.74. The molecule has 1 aliphatic rings. The highest BCUT2D eigenvalue weighted by atomic mass is 32.2. The number of benzene rings is 1. The van der Waals surface area contributed by atoms with E-state index in [9.17, 15) is 13.2 Å². The van der Waals surface area contributed by atoms with Crippen LogP contribution >= 0.6 is 0 Å². The van der Waals surface area contributed by atoms with Gasteiger partial charge in [0.25, 0.3) is 0 Å². The van der Waals surface area contributed by atoms with E-state index in [-0.39, 0.29) is 4.90 Å². The number of carbonyl (C=O) groups is 1. The quantitative estimate of drug-likeness (QED) is 0.786. The van der Waals surface area contributed by atoms with E-state index in [1.165, 1.54) is 5.56 Å². The second kappa shape index (κ2) is 4.70. The fourth-order valence-corrected chi connectivity index (χ4v) is 3.58. The molecule has 0 aromatic heterocycles. The summed E-state index contributed by atoms with van der Waals surface area (Å²) >= 11 is 0. The molecule has 98 valence electrons. The minimum Gasteiger partial charge on any atom is -0.368 e. The summed E-state index contributed by atoms with van der Waals surface area (Å²) in [6, 6.07) is 3.94. The number of fused-ring (bicyclic) bond motifs is 1. The molecule has 1 amide bonds. The molecule has 6 heteroatoms. The Morgan fingerprint density at radius 2 is 1.94 bits per heavy atom. The number of rotatable bonds is 4. The van der Waals surface area contributed by atoms with Gasteiger partial charge in [-0.3, -0.25) is 4.79 Å². The van der Waals surface area contributed by atoms with E-state index in [1.807, 2.05) is 6.07 Å². The standard InChI is InChI=1S/C12H16N2O3S/c13-11(12(14)15)7-18(16,17)10-5-4-8-2-1-3-9(8)6-10/h4-6,11H,1-3,7,13H2,(H2,14,15). The van der Waals surface area contributed by atoms with Crippen molar-refractivity contribution in [2.45, 2.75) is 30.2 Å². The van der Waals surface area contributed by atoms with E-state index in [0.717, 1.165) is 24.8 Å². The summed E-state index contributed by atoms with van der Waals surface area (Å²) in [7, 11) is -3.55. The fraction of sp³-hybridized carbons (Fsp3) is 0.417. The highest BCUT2D eigenvalue weighted by Gasteiger charge is 2.23. The van der Waals surface area contributed by atoms with Gasteiger partial charge in [0.2, 0.25) is 5.91 Å². The number of sulfone groups is 1. The normalized spacial score (nSPS) is 16.3. The molecule has 0 saturated carbocycles. The van der Waals surface area contributed by atoms with Crippen LogP contribution in [0.2, 0.25) is 0 Å². The molecule has 0 spiro atoms. The monoisotopic (exact) mass is 268 g/mol. The number of amides is 1. The van der Waals surface area contributed by atoms with Crippen LogP contribution in [0, 0.1) is 0 Å². The first kappa shape index (κ1) is 13.0. The zero-order valence-electron chi connectivity index (χ0n) is 9.93. The number of nitrogens with two attached hydrogens (primary N) is 2. The van der Waals surface area contributed by atoms with Crippen molar-refractivity contribution in [3.05, 3.63) is 29.3 Å². The lowest BCUT2D eigenvalue weighted by molar-refractivity contribution is -0.118. The molecule has 1 aliphatic carbocycles. The highest BCUT2D eigenvalue weighted by molar-refractivity contribution is 7.91. The number of aryl methyl sites for hydroxylation is 2. The number of hydrogen-bond donors (Lipinski definition) is 2. The maximum atomic E-state index is 12.1. The third-order valence-corrected chi connectivity index (χ3v) is 4.96. The summed E-state index contributed by atoms with van der Waals surface area (Å²) in [5.74, 6) is -1.25. The van der Waals surface area contributed by atoms with Crippen molar-refractivity contribution in [1.82, 2.24) is 0 Å². The van der Waals surface area contributed by atoms with Crippen molar-refractivity contribution in [3.8, 4) is 0 Å². The summed E-state index contributed by atoms with van der Waals surface area (Å²) in [6.45, 7) is 0. The summed E-state index contributed by atoms with van der Waals surface area (Å²) in [4.78, 5) is 11.1. The van der Waals surface area contributed by atoms with Gasteiger partial charge < -0.3 is 11.5 Å². The second-order valence-corrected chi connectivity index (χ2v) is 6.61. The molecule has 0 aliphatic heterocycles. The first-order valence-electron chi connectivity index (χ1n) is 5.79. The van der Waals surface area contributed by atoms with Crippen molar-refractivity contribution in [3.63, 3.8) is 0 Å². The Bertz CT molecular complexity index is 581. The Balaban J connectivity index is 2.28. The van der Waals surface area contributed by atoms with Gasteiger partial charge in [-0.15, -0.1) is 0 Å². The molecule has 1 aromatic rings. The van der Waals surface area contributed by atoms with Crippen molar-refractivity contribution in [2.24, 2.45) is 11.5 Å². The van der Waals surface area contributed by atoms with E-state index in [4.69, 9.17) is 11.5 Å². The van der Waals surface area contributed by atoms with Crippen LogP contribution in [0.4, 0.5) is 0 Å². The second-order valence-electron chi connectivity index (χ2n) is 4.57. The summed E-state index contributed by atoms with van der Waals surface area (Å²) in [6.07, 6.45) is 2.96. The van der Waals surface area contributed by atoms with Gasteiger partial charge in [0.1, 0.15) is 0 Å². The fourth-order valence-electron chi connectivity index (χ4n) is 2.16. The van der Waals surface area contributed by atoms with E-state index in [1.54, 1.807) is 12.1 Å². The number of carbonyl (C=O) groups excluding carboxylic acids is 1. The zero-order chi connectivity index (χ0) is 13.3. The van der Waals surface area contributed by atoms with Crippen molar-refractivity contribution in [1.29, 1.82) is 0 Å². The molecule has 0 saturated heterocycles. The molecule has 0 fully saturated rings. The highest BCUT2D eigenvalue weighted by Crippen LogP contribution is 2.25. The molecular formula is C12H16N2O3S. The smallest absolute Gasteiger partial charge is 0.235 e. The lowest BCUT2D eigenvalue weighted by atomic mass is 10.1. The van der Waals surface area contributed by atoms with Gasteiger partial charge in [-0.2, -0.15) is 0 Å². The summed E-state index contributed by atoms with van der Waals surface area (Å²) in [5.41, 5.74) is 12.7. The van der Waals surface area contributed by atoms with Gasteiger partial charge in [0.15, 0.2) is 9.84 Å². The molecule has 0 bridgehead atoms. The van der Waals surface area contributed by atoms with E-state index in [0.29, 0.717) is 0 Å². The van der Waals surface area contributed by atoms with Gasteiger partial charge in [0, 0.05) is 0 Å². The third kappa shape index (κ3) is 2.54. The largest absolute Gasteiger partial charge is 0.368 e. The van der Waals surface area contributed by atoms with Gasteiger partial charge in [-0.25, -0.2) is 8.42 Å². The van der Waals surface area contributed by atoms with Crippen molar-refractivity contribution >= 4 is 15.7 Å². The Morgan fingerprint density at radius 3 is 2.61 bits per heavy atom. The first-order chi connectivity index (χ1) is 8.40. The van der Waals surface area contributed by atoms with Gasteiger partial charge in [0.05, 0.1) is 16.7 Å². The summed E-state index contributed by atoms with van der Waals surface area (Å²) < 4.78 is 24.1. The molecule has 18 heavy (non-hydrogen) atoms. The van der Waals surface area contributed by atoms with Crippen molar-refractivity contribution < 1.29 is 13.2 Å². The number of primary amides is 1. The lowest BCUT2D eigenvalue weighted by Gasteiger charge is -2.10. The lowest BCUT2D eigenvalue weighted by Crippen LogP contribution is -2.41. The minimum atomic E-state index is -3.55. The SMILES string of the molecule is NC(=O)C(N)CS(=O)(=O)c1ccc2c(c1)CCC2. The molecule has 2 rings (SSSR count). The van der Waals surface area contributed by atoms with Crippen LogP contribution < -0.4 is 11.5 Å². The first-order valence-corrected chi connectivity index (χ1v) is 7.45. The molecule has 1 atom stereocenters. The molecular weight excluding hydrogens is 252 g/mol. The van der Waals surface area contributed by atoms with E-state index >= 15 is 0 Å². The van der Waals surface area contributed by atoms with Gasteiger partial charge in [-0.1, -0.05) is 6.07 Å². The summed E-state index contributed by atoms with van der Waals surface area (Å²) in [5, 5.41) is 0. The van der Waals surface area contributed by atoms with Gasteiger partial charge in [-0.05, 0) is 42.5 Å². The maximum Gasteiger partial charge on any atom is 0.235 e. The number of hydrogen-bond acceptors (Lipinski definition) is 4. The molecule has 0 heterocycles. The predicted octanol–water partition coefficient (Wildman–Crippen LogP) is -0.238. The Labute approximate surface area is 106 Å². The van der Waals surface area contributed by atoms with Gasteiger partial charge >= 0.3 is 0 Å². The molecule has 1 unspecified atom stereocenters. The van der Waals surface area contributed by atoms with E-state index in [2.05, 4.69) is 0 Å². The molecule has 4 N–H and O–H groups in total. The Morgan fingerprint density at radius 1 is 1.28 bits per heavy atom. The van der Waals surface area contributed by atoms with Crippen LogP contribution in [-0.2, 0) is 27.5 Å². The van der Waals surface area contributed by atoms with Crippen LogP contribution in [-0.4, -0.2) is 26.1 Å². The van der Waals surface area contributed by atoms with Crippen LogP contribution in [0.25, 0.3) is 0 Å². The van der Waals surface area contributed by atoms with Crippen LogP contribution in [0.1, 0.15) is 17.5 Å². The van der Waals surface area contributed by atoms with Crippen LogP contribution in [0.3, 0.4) is 0 Å². The van der Waals surface area contributed by atoms with Crippen molar-refractivity contribution in [2.75, 3.05) is 5.75 Å². The predicted molar refractivity (Wildman–Crippen MR) is 67.7 cm³/mol. The Hall–Kier alpha value is -1.40. The Kier molecular flexibility index (Phi) is 3.41. The minimum absolute atomic E-state index is 0.222. The average molecular weight is 268 g/mol. The maximum absolute atomic E-state index is 12.1. The van der Waals surface area contributed by atoms with Crippen LogP contribution in [0.5, 0.6) is 0 Å². The zero-order valence-corrected chi connectivity index (χ0v) is 10.7. The molecule has 1 aromatic carbocycles. The molecule has 0 radical (unpaired) electrons. The topological polar surface area (TPSA) is 103 Å². The molecule has 5 nitrogen and oxygen atoms in total. The van der Waals surface area contributed by atoms with E-state index < -0.39 is 27.5 Å². The van der Waals surface area contributed by atoms with Crippen LogP contribution in [0.15, 0.2) is 23.1 Å². The third-order valence-electron chi connectivity index (χ3n) is 3.19.